The zero-order valence-electron chi connectivity index (χ0n) is 6.76. The summed E-state index contributed by atoms with van der Waals surface area (Å²) in [7, 11) is 0. The highest BCUT2D eigenvalue weighted by Crippen LogP contribution is 2.02. The minimum atomic E-state index is -0.383. The third kappa shape index (κ3) is 3.35. The lowest BCUT2D eigenvalue weighted by Crippen LogP contribution is -1.80. The number of hydrogen-bond acceptors (Lipinski definition) is 2. The first-order valence-corrected chi connectivity index (χ1v) is 3.61. The molecule has 0 amide bonds. The standard InChI is InChI=1S/C8H7FN4/c9-8-4-7(5-11-6-8)2-1-3-12-13-10/h1-2,4-6H,3H2. The van der Waals surface area contributed by atoms with Crippen molar-refractivity contribution >= 4 is 6.08 Å². The summed E-state index contributed by atoms with van der Waals surface area (Å²) in [5, 5.41) is 3.29. The second kappa shape index (κ2) is 4.90. The average Bonchev–Trinajstić information content (AvgIpc) is 2.13. The van der Waals surface area contributed by atoms with Gasteiger partial charge in [0.1, 0.15) is 5.82 Å². The summed E-state index contributed by atoms with van der Waals surface area (Å²) in [6.07, 6.45) is 5.93. The second-order valence-corrected chi connectivity index (χ2v) is 2.25. The highest BCUT2D eigenvalue weighted by atomic mass is 19.1. The molecule has 0 spiro atoms. The highest BCUT2D eigenvalue weighted by molar-refractivity contribution is 5.47. The van der Waals surface area contributed by atoms with Crippen LogP contribution in [-0.4, -0.2) is 11.5 Å². The minimum Gasteiger partial charge on any atom is -0.261 e. The summed E-state index contributed by atoms with van der Waals surface area (Å²) in [6.45, 7) is 0.257. The van der Waals surface area contributed by atoms with Crippen molar-refractivity contribution in [3.05, 3.63) is 46.4 Å². The maximum Gasteiger partial charge on any atom is 0.142 e. The Morgan fingerprint density at radius 1 is 1.62 bits per heavy atom. The third-order valence-electron chi connectivity index (χ3n) is 1.29. The molecule has 0 bridgehead atoms. The fraction of sp³-hybridized carbons (Fsp3) is 0.125. The molecule has 0 aliphatic carbocycles. The van der Waals surface area contributed by atoms with E-state index in [-0.39, 0.29) is 12.4 Å². The summed E-state index contributed by atoms with van der Waals surface area (Å²) in [5.74, 6) is -0.383. The van der Waals surface area contributed by atoms with Crippen LogP contribution in [0.25, 0.3) is 16.5 Å². The molecule has 0 aliphatic heterocycles. The molecule has 5 heteroatoms. The van der Waals surface area contributed by atoms with Crippen LogP contribution in [0.3, 0.4) is 0 Å². The van der Waals surface area contributed by atoms with Crippen molar-refractivity contribution in [1.82, 2.24) is 4.98 Å². The first-order valence-electron chi connectivity index (χ1n) is 3.61. The zero-order valence-corrected chi connectivity index (χ0v) is 6.76. The number of rotatable bonds is 3. The van der Waals surface area contributed by atoms with Crippen LogP contribution < -0.4 is 0 Å². The van der Waals surface area contributed by atoms with E-state index in [1.165, 1.54) is 12.3 Å². The molecule has 1 rings (SSSR count). The summed E-state index contributed by atoms with van der Waals surface area (Å²) in [6, 6.07) is 1.35. The van der Waals surface area contributed by atoms with Crippen LogP contribution in [0, 0.1) is 5.82 Å². The molecule has 66 valence electrons. The fourth-order valence-corrected chi connectivity index (χ4v) is 0.792. The molecule has 1 aromatic rings. The van der Waals surface area contributed by atoms with Gasteiger partial charge in [-0.15, -0.1) is 0 Å². The Morgan fingerprint density at radius 2 is 2.46 bits per heavy atom. The Kier molecular flexibility index (Phi) is 3.47. The topological polar surface area (TPSA) is 61.7 Å². The van der Waals surface area contributed by atoms with Gasteiger partial charge in [0.25, 0.3) is 0 Å². The lowest BCUT2D eigenvalue weighted by molar-refractivity contribution is 0.621. The molecule has 4 nitrogen and oxygen atoms in total. The first kappa shape index (κ1) is 9.22. The van der Waals surface area contributed by atoms with Crippen molar-refractivity contribution < 1.29 is 4.39 Å². The molecule has 0 aromatic carbocycles. The fourth-order valence-electron chi connectivity index (χ4n) is 0.792. The van der Waals surface area contributed by atoms with Crippen molar-refractivity contribution in [3.8, 4) is 0 Å². The number of aromatic nitrogens is 1. The lowest BCUT2D eigenvalue weighted by atomic mass is 10.2. The molecule has 0 N–H and O–H groups in total. The van der Waals surface area contributed by atoms with Crippen LogP contribution in [0.4, 0.5) is 4.39 Å². The number of halogens is 1. The number of hydrogen-bond donors (Lipinski definition) is 0. The maximum atomic E-state index is 12.6. The average molecular weight is 178 g/mol. The lowest BCUT2D eigenvalue weighted by Gasteiger charge is -1.90. The Morgan fingerprint density at radius 3 is 3.15 bits per heavy atom. The molecule has 0 saturated carbocycles. The van der Waals surface area contributed by atoms with Gasteiger partial charge in [-0.05, 0) is 17.2 Å². The third-order valence-corrected chi connectivity index (χ3v) is 1.29. The zero-order chi connectivity index (χ0) is 9.52. The molecule has 0 atom stereocenters. The summed E-state index contributed by atoms with van der Waals surface area (Å²) in [4.78, 5) is 6.22. The molecule has 0 saturated heterocycles. The largest absolute Gasteiger partial charge is 0.261 e. The van der Waals surface area contributed by atoms with Gasteiger partial charge >= 0.3 is 0 Å². The summed E-state index contributed by atoms with van der Waals surface area (Å²) in [5.41, 5.74) is 8.61. The van der Waals surface area contributed by atoms with E-state index in [1.807, 2.05) is 0 Å². The Bertz CT molecular complexity index is 355. The first-order chi connectivity index (χ1) is 6.33. The van der Waals surface area contributed by atoms with Gasteiger partial charge in [-0.3, -0.25) is 4.98 Å². The van der Waals surface area contributed by atoms with E-state index < -0.39 is 0 Å². The van der Waals surface area contributed by atoms with E-state index >= 15 is 0 Å². The highest BCUT2D eigenvalue weighted by Gasteiger charge is 1.89. The monoisotopic (exact) mass is 178 g/mol. The van der Waals surface area contributed by atoms with Gasteiger partial charge in [-0.1, -0.05) is 17.3 Å². The summed E-state index contributed by atoms with van der Waals surface area (Å²) >= 11 is 0. The number of nitrogens with zero attached hydrogens (tertiary/aromatic N) is 4. The molecular formula is C8H7FN4. The van der Waals surface area contributed by atoms with E-state index in [0.29, 0.717) is 5.56 Å². The minimum absolute atomic E-state index is 0.257. The molecular weight excluding hydrogens is 171 g/mol. The SMILES string of the molecule is [N-]=[N+]=NCC=Cc1cncc(F)c1. The van der Waals surface area contributed by atoms with Crippen molar-refractivity contribution in [1.29, 1.82) is 0 Å². The Balaban J connectivity index is 2.63. The van der Waals surface area contributed by atoms with Crippen LogP contribution in [0.15, 0.2) is 29.7 Å². The van der Waals surface area contributed by atoms with Crippen LogP contribution in [0.5, 0.6) is 0 Å². The molecule has 0 aliphatic rings. The van der Waals surface area contributed by atoms with Gasteiger partial charge < -0.3 is 0 Å². The summed E-state index contributed by atoms with van der Waals surface area (Å²) < 4.78 is 12.6. The van der Waals surface area contributed by atoms with E-state index in [9.17, 15) is 4.39 Å². The van der Waals surface area contributed by atoms with Crippen LogP contribution in [-0.2, 0) is 0 Å². The Hall–Kier alpha value is -1.87. The van der Waals surface area contributed by atoms with E-state index in [0.717, 1.165) is 6.20 Å². The van der Waals surface area contributed by atoms with Crippen molar-refractivity contribution in [2.75, 3.05) is 6.54 Å². The van der Waals surface area contributed by atoms with Crippen molar-refractivity contribution in [2.24, 2.45) is 5.11 Å². The molecule has 1 heterocycles. The van der Waals surface area contributed by atoms with Crippen molar-refractivity contribution in [3.63, 3.8) is 0 Å². The number of azide groups is 1. The number of pyridine rings is 1. The van der Waals surface area contributed by atoms with E-state index in [1.54, 1.807) is 12.2 Å². The predicted molar refractivity (Wildman–Crippen MR) is 47.2 cm³/mol. The molecule has 0 unspecified atom stereocenters. The maximum absolute atomic E-state index is 12.6. The molecule has 13 heavy (non-hydrogen) atoms. The van der Waals surface area contributed by atoms with Crippen LogP contribution in [0.2, 0.25) is 0 Å². The van der Waals surface area contributed by atoms with Crippen LogP contribution >= 0.6 is 0 Å². The van der Waals surface area contributed by atoms with Gasteiger partial charge in [0.05, 0.1) is 6.20 Å². The van der Waals surface area contributed by atoms with Gasteiger partial charge in [0.15, 0.2) is 0 Å². The van der Waals surface area contributed by atoms with Gasteiger partial charge in [-0.25, -0.2) is 4.39 Å². The van der Waals surface area contributed by atoms with Crippen LogP contribution in [0.1, 0.15) is 5.56 Å². The van der Waals surface area contributed by atoms with E-state index in [2.05, 4.69) is 15.0 Å². The van der Waals surface area contributed by atoms with Gasteiger partial charge in [0, 0.05) is 17.7 Å². The van der Waals surface area contributed by atoms with Crippen molar-refractivity contribution in [2.45, 2.75) is 0 Å². The van der Waals surface area contributed by atoms with Gasteiger partial charge in [0.2, 0.25) is 0 Å². The molecule has 0 radical (unpaired) electrons. The van der Waals surface area contributed by atoms with E-state index in [4.69, 9.17) is 5.53 Å². The quantitative estimate of drug-likeness (QED) is 0.398. The predicted octanol–water partition coefficient (Wildman–Crippen LogP) is 2.54. The smallest absolute Gasteiger partial charge is 0.142 e. The Labute approximate surface area is 74.4 Å². The molecule has 1 aromatic heterocycles. The van der Waals surface area contributed by atoms with Gasteiger partial charge in [-0.2, -0.15) is 0 Å². The molecule has 0 fully saturated rings. The second-order valence-electron chi connectivity index (χ2n) is 2.25. The normalized spacial score (nSPS) is 9.92.